The van der Waals surface area contributed by atoms with E-state index >= 15 is 0 Å². The SMILES string of the molecule is CC1CNCC(C)N1C(=O)CN(C)C. The number of nitrogens with one attached hydrogen (secondary N) is 1. The van der Waals surface area contributed by atoms with Crippen molar-refractivity contribution in [3.05, 3.63) is 0 Å². The average molecular weight is 199 g/mol. The van der Waals surface area contributed by atoms with Crippen LogP contribution in [-0.4, -0.2) is 61.5 Å². The highest BCUT2D eigenvalue weighted by molar-refractivity contribution is 5.79. The molecule has 1 aliphatic rings. The molecule has 0 radical (unpaired) electrons. The summed E-state index contributed by atoms with van der Waals surface area (Å²) in [7, 11) is 3.85. The smallest absolute Gasteiger partial charge is 0.237 e. The number of likely N-dealkylation sites (N-methyl/N-ethyl adjacent to an activating group) is 1. The van der Waals surface area contributed by atoms with E-state index in [2.05, 4.69) is 19.2 Å². The molecule has 0 bridgehead atoms. The molecular weight excluding hydrogens is 178 g/mol. The molecule has 0 spiro atoms. The van der Waals surface area contributed by atoms with Crippen LogP contribution in [0, 0.1) is 0 Å². The molecule has 1 aliphatic heterocycles. The minimum Gasteiger partial charge on any atom is -0.334 e. The van der Waals surface area contributed by atoms with Crippen LogP contribution in [0.15, 0.2) is 0 Å². The zero-order valence-corrected chi connectivity index (χ0v) is 9.58. The van der Waals surface area contributed by atoms with Gasteiger partial charge in [0.25, 0.3) is 0 Å². The second-order valence-electron chi connectivity index (χ2n) is 4.40. The van der Waals surface area contributed by atoms with Gasteiger partial charge in [0.15, 0.2) is 0 Å². The van der Waals surface area contributed by atoms with E-state index < -0.39 is 0 Å². The minimum atomic E-state index is 0.233. The van der Waals surface area contributed by atoms with Gasteiger partial charge in [0.1, 0.15) is 0 Å². The summed E-state index contributed by atoms with van der Waals surface area (Å²) in [5.41, 5.74) is 0. The Labute approximate surface area is 86.2 Å². The number of hydrogen-bond acceptors (Lipinski definition) is 3. The van der Waals surface area contributed by atoms with E-state index in [1.165, 1.54) is 0 Å². The highest BCUT2D eigenvalue weighted by Crippen LogP contribution is 2.09. The summed E-state index contributed by atoms with van der Waals surface area (Å²) in [5.74, 6) is 0.233. The van der Waals surface area contributed by atoms with Gasteiger partial charge >= 0.3 is 0 Å². The van der Waals surface area contributed by atoms with Crippen LogP contribution < -0.4 is 5.32 Å². The summed E-state index contributed by atoms with van der Waals surface area (Å²) < 4.78 is 0. The molecule has 1 saturated heterocycles. The van der Waals surface area contributed by atoms with E-state index in [4.69, 9.17) is 0 Å². The molecule has 0 aromatic carbocycles. The van der Waals surface area contributed by atoms with Gasteiger partial charge < -0.3 is 15.1 Å². The molecule has 4 nitrogen and oxygen atoms in total. The normalized spacial score (nSPS) is 28.2. The molecule has 2 atom stereocenters. The van der Waals surface area contributed by atoms with Crippen molar-refractivity contribution >= 4 is 5.91 Å². The molecule has 0 aliphatic carbocycles. The summed E-state index contributed by atoms with van der Waals surface area (Å²) in [6, 6.07) is 0.623. The monoisotopic (exact) mass is 199 g/mol. The quantitative estimate of drug-likeness (QED) is 0.666. The van der Waals surface area contributed by atoms with Gasteiger partial charge in [-0.3, -0.25) is 4.79 Å². The number of piperazine rings is 1. The molecule has 82 valence electrons. The summed E-state index contributed by atoms with van der Waals surface area (Å²) in [4.78, 5) is 15.8. The maximum absolute atomic E-state index is 11.9. The van der Waals surface area contributed by atoms with Crippen LogP contribution in [0.5, 0.6) is 0 Å². The second-order valence-corrected chi connectivity index (χ2v) is 4.40. The third kappa shape index (κ3) is 2.69. The Balaban J connectivity index is 2.58. The Hall–Kier alpha value is -0.610. The molecule has 4 heteroatoms. The van der Waals surface area contributed by atoms with Crippen molar-refractivity contribution in [1.29, 1.82) is 0 Å². The maximum Gasteiger partial charge on any atom is 0.237 e. The molecule has 14 heavy (non-hydrogen) atoms. The molecule has 0 aromatic rings. The average Bonchev–Trinajstić information content (AvgIpc) is 2.01. The van der Waals surface area contributed by atoms with Crippen molar-refractivity contribution in [2.45, 2.75) is 25.9 Å². The van der Waals surface area contributed by atoms with Crippen molar-refractivity contribution in [2.24, 2.45) is 0 Å². The van der Waals surface area contributed by atoms with E-state index in [0.29, 0.717) is 18.6 Å². The molecule has 1 rings (SSSR count). The predicted octanol–water partition coefficient (Wildman–Crippen LogP) is -0.243. The fourth-order valence-electron chi connectivity index (χ4n) is 1.98. The largest absolute Gasteiger partial charge is 0.334 e. The number of hydrogen-bond donors (Lipinski definition) is 1. The van der Waals surface area contributed by atoms with Crippen LogP contribution in [0.1, 0.15) is 13.8 Å². The summed E-state index contributed by atoms with van der Waals surface area (Å²) in [5, 5.41) is 3.31. The molecular formula is C10H21N3O. The van der Waals surface area contributed by atoms with Crippen LogP contribution >= 0.6 is 0 Å². The van der Waals surface area contributed by atoms with Crippen molar-refractivity contribution < 1.29 is 4.79 Å². The third-order valence-corrected chi connectivity index (χ3v) is 2.57. The van der Waals surface area contributed by atoms with Crippen molar-refractivity contribution in [1.82, 2.24) is 15.1 Å². The Kier molecular flexibility index (Phi) is 3.89. The number of carbonyl (C=O) groups is 1. The van der Waals surface area contributed by atoms with Crippen molar-refractivity contribution in [2.75, 3.05) is 33.7 Å². The van der Waals surface area contributed by atoms with Gasteiger partial charge in [-0.25, -0.2) is 0 Å². The van der Waals surface area contributed by atoms with Gasteiger partial charge in [0.05, 0.1) is 6.54 Å². The second kappa shape index (κ2) is 4.75. The fourth-order valence-corrected chi connectivity index (χ4v) is 1.98. The van der Waals surface area contributed by atoms with E-state index in [0.717, 1.165) is 13.1 Å². The van der Waals surface area contributed by atoms with Gasteiger partial charge in [-0.1, -0.05) is 0 Å². The van der Waals surface area contributed by atoms with Crippen LogP contribution in [-0.2, 0) is 4.79 Å². The van der Waals surface area contributed by atoms with E-state index in [1.54, 1.807) is 0 Å². The van der Waals surface area contributed by atoms with Crippen LogP contribution in [0.25, 0.3) is 0 Å². The van der Waals surface area contributed by atoms with Crippen molar-refractivity contribution in [3.8, 4) is 0 Å². The van der Waals surface area contributed by atoms with Crippen LogP contribution in [0.3, 0.4) is 0 Å². The van der Waals surface area contributed by atoms with Gasteiger partial charge in [-0.05, 0) is 27.9 Å². The molecule has 1 fully saturated rings. The summed E-state index contributed by atoms with van der Waals surface area (Å²) >= 11 is 0. The van der Waals surface area contributed by atoms with Gasteiger partial charge in [-0.15, -0.1) is 0 Å². The lowest BCUT2D eigenvalue weighted by Gasteiger charge is -2.40. The highest BCUT2D eigenvalue weighted by atomic mass is 16.2. The van der Waals surface area contributed by atoms with Gasteiger partial charge in [-0.2, -0.15) is 0 Å². The van der Waals surface area contributed by atoms with Crippen LogP contribution in [0.4, 0.5) is 0 Å². The fraction of sp³-hybridized carbons (Fsp3) is 0.900. The molecule has 1 N–H and O–H groups in total. The predicted molar refractivity (Wildman–Crippen MR) is 57.2 cm³/mol. The first-order valence-electron chi connectivity index (χ1n) is 5.19. The Morgan fingerprint density at radius 2 is 1.86 bits per heavy atom. The number of amides is 1. The summed E-state index contributed by atoms with van der Waals surface area (Å²) in [6.07, 6.45) is 0. The van der Waals surface area contributed by atoms with Crippen LogP contribution in [0.2, 0.25) is 0 Å². The first-order chi connectivity index (χ1) is 6.52. The molecule has 0 aromatic heterocycles. The first-order valence-corrected chi connectivity index (χ1v) is 5.19. The lowest BCUT2D eigenvalue weighted by atomic mass is 10.1. The number of carbonyl (C=O) groups excluding carboxylic acids is 1. The van der Waals surface area contributed by atoms with E-state index in [9.17, 15) is 4.79 Å². The third-order valence-electron chi connectivity index (χ3n) is 2.57. The van der Waals surface area contributed by atoms with Gasteiger partial charge in [0, 0.05) is 25.2 Å². The topological polar surface area (TPSA) is 35.6 Å². The minimum absolute atomic E-state index is 0.233. The number of rotatable bonds is 2. The zero-order chi connectivity index (χ0) is 10.7. The zero-order valence-electron chi connectivity index (χ0n) is 9.58. The summed E-state index contributed by atoms with van der Waals surface area (Å²) in [6.45, 7) is 6.51. The Morgan fingerprint density at radius 1 is 1.36 bits per heavy atom. The molecule has 1 heterocycles. The standard InChI is InChI=1S/C10H21N3O/c1-8-5-11-6-9(2)13(8)10(14)7-12(3)4/h8-9,11H,5-7H2,1-4H3. The number of nitrogens with zero attached hydrogens (tertiary/aromatic N) is 2. The Bertz CT molecular complexity index is 196. The lowest BCUT2D eigenvalue weighted by Crippen LogP contribution is -2.58. The van der Waals surface area contributed by atoms with Crippen molar-refractivity contribution in [3.63, 3.8) is 0 Å². The van der Waals surface area contributed by atoms with E-state index in [-0.39, 0.29) is 5.91 Å². The lowest BCUT2D eigenvalue weighted by molar-refractivity contribution is -0.137. The Morgan fingerprint density at radius 3 is 2.29 bits per heavy atom. The molecule has 2 unspecified atom stereocenters. The first kappa shape index (κ1) is 11.5. The van der Waals surface area contributed by atoms with E-state index in [1.807, 2.05) is 23.9 Å². The molecule has 1 amide bonds. The van der Waals surface area contributed by atoms with Gasteiger partial charge in [0.2, 0.25) is 5.91 Å². The highest BCUT2D eigenvalue weighted by Gasteiger charge is 2.28. The molecule has 0 saturated carbocycles. The maximum atomic E-state index is 11.9.